The van der Waals surface area contributed by atoms with Crippen molar-refractivity contribution in [3.8, 4) is 56.8 Å². The van der Waals surface area contributed by atoms with Crippen LogP contribution in [0.5, 0.6) is 34.5 Å². The highest BCUT2D eigenvalue weighted by Gasteiger charge is 2.12. The Kier molecular flexibility index (Phi) is 18.3. The number of carbonyl (C=O) groups is 2. The van der Waals surface area contributed by atoms with E-state index < -0.39 is 11.9 Å². The zero-order valence-corrected chi connectivity index (χ0v) is 37.8. The fraction of sp³-hybridized carbons (Fsp3) is 0.321. The van der Waals surface area contributed by atoms with Gasteiger partial charge in [0.25, 0.3) is 0 Å². The number of hydrogen-bond acceptors (Lipinski definition) is 8. The molecule has 6 rings (SSSR count). The van der Waals surface area contributed by atoms with Crippen molar-refractivity contribution in [2.45, 2.75) is 79.1 Å². The summed E-state index contributed by atoms with van der Waals surface area (Å²) in [6, 6.07) is 45.2. The zero-order valence-electron chi connectivity index (χ0n) is 37.8. The first kappa shape index (κ1) is 47.0. The molecule has 0 bridgehead atoms. The number of ether oxygens (including phenoxy) is 6. The highest BCUT2D eigenvalue weighted by Crippen LogP contribution is 2.27. The van der Waals surface area contributed by atoms with E-state index >= 15 is 0 Å². The molecule has 334 valence electrons. The van der Waals surface area contributed by atoms with E-state index in [1.807, 2.05) is 97.1 Å². The van der Waals surface area contributed by atoms with Crippen molar-refractivity contribution in [3.63, 3.8) is 0 Å². The summed E-state index contributed by atoms with van der Waals surface area (Å²) in [4.78, 5) is 25.6. The normalized spacial score (nSPS) is 11.9. The van der Waals surface area contributed by atoms with Crippen LogP contribution in [0.3, 0.4) is 0 Å². The Morgan fingerprint density at radius 2 is 0.625 bits per heavy atom. The van der Waals surface area contributed by atoms with E-state index in [2.05, 4.69) is 27.7 Å². The Bertz CT molecular complexity index is 2120. The smallest absolute Gasteiger partial charge is 0.343 e. The van der Waals surface area contributed by atoms with E-state index in [1.165, 1.54) is 0 Å². The number of esters is 2. The van der Waals surface area contributed by atoms with Gasteiger partial charge in [-0.3, -0.25) is 0 Å². The predicted octanol–water partition coefficient (Wildman–Crippen LogP) is 14.1. The van der Waals surface area contributed by atoms with Crippen molar-refractivity contribution in [2.24, 2.45) is 11.8 Å². The molecule has 0 aliphatic rings. The lowest BCUT2D eigenvalue weighted by atomic mass is 10.0. The van der Waals surface area contributed by atoms with Crippen molar-refractivity contribution in [1.82, 2.24) is 0 Å². The summed E-state index contributed by atoms with van der Waals surface area (Å²) in [6.45, 7) is 11.4. The van der Waals surface area contributed by atoms with Gasteiger partial charge in [0.05, 0.1) is 37.6 Å². The number of rotatable bonds is 25. The third-order valence-corrected chi connectivity index (χ3v) is 11.2. The highest BCUT2D eigenvalue weighted by molar-refractivity contribution is 5.92. The Morgan fingerprint density at radius 3 is 0.953 bits per heavy atom. The average Bonchev–Trinajstić information content (AvgIpc) is 3.34. The molecule has 0 aromatic heterocycles. The van der Waals surface area contributed by atoms with Crippen LogP contribution in [-0.2, 0) is 0 Å². The van der Waals surface area contributed by atoms with Gasteiger partial charge in [-0.25, -0.2) is 9.59 Å². The van der Waals surface area contributed by atoms with Crippen molar-refractivity contribution >= 4 is 11.9 Å². The summed E-state index contributed by atoms with van der Waals surface area (Å²) in [5, 5.41) is 0. The minimum Gasteiger partial charge on any atom is -0.494 e. The fourth-order valence-electron chi connectivity index (χ4n) is 6.63. The lowest BCUT2D eigenvalue weighted by Gasteiger charge is -2.11. The Morgan fingerprint density at radius 1 is 0.359 bits per heavy atom. The fourth-order valence-corrected chi connectivity index (χ4v) is 6.63. The lowest BCUT2D eigenvalue weighted by molar-refractivity contribution is 0.0725. The van der Waals surface area contributed by atoms with Gasteiger partial charge < -0.3 is 28.4 Å². The summed E-state index contributed by atoms with van der Waals surface area (Å²) >= 11 is 0. The van der Waals surface area contributed by atoms with Crippen molar-refractivity contribution in [3.05, 3.63) is 157 Å². The molecule has 2 atom stereocenters. The maximum atomic E-state index is 12.8. The van der Waals surface area contributed by atoms with E-state index in [0.717, 1.165) is 96.6 Å². The van der Waals surface area contributed by atoms with Crippen molar-refractivity contribution < 1.29 is 38.0 Å². The Labute approximate surface area is 379 Å². The molecule has 0 aliphatic carbocycles. The van der Waals surface area contributed by atoms with E-state index in [4.69, 9.17) is 28.4 Å². The van der Waals surface area contributed by atoms with Gasteiger partial charge in [-0.15, -0.1) is 0 Å². The molecule has 0 radical (unpaired) electrons. The maximum Gasteiger partial charge on any atom is 0.343 e. The van der Waals surface area contributed by atoms with Crippen LogP contribution in [0.2, 0.25) is 0 Å². The van der Waals surface area contributed by atoms with E-state index in [9.17, 15) is 9.59 Å². The van der Waals surface area contributed by atoms with Gasteiger partial charge in [0.1, 0.15) is 34.5 Å². The van der Waals surface area contributed by atoms with Gasteiger partial charge in [-0.05, 0) is 144 Å². The Hall–Kier alpha value is -6.54. The van der Waals surface area contributed by atoms with Gasteiger partial charge in [-0.1, -0.05) is 115 Å². The molecule has 0 saturated carbocycles. The molecule has 0 N–H and O–H groups in total. The van der Waals surface area contributed by atoms with Crippen molar-refractivity contribution in [1.29, 1.82) is 0 Å². The van der Waals surface area contributed by atoms with Gasteiger partial charge in [0.2, 0.25) is 0 Å². The third kappa shape index (κ3) is 15.1. The van der Waals surface area contributed by atoms with Gasteiger partial charge in [0, 0.05) is 0 Å². The van der Waals surface area contributed by atoms with Gasteiger partial charge in [0.15, 0.2) is 0 Å². The minimum atomic E-state index is -0.407. The molecule has 0 saturated heterocycles. The van der Waals surface area contributed by atoms with E-state index in [0.29, 0.717) is 60.9 Å². The first-order chi connectivity index (χ1) is 31.3. The molecule has 6 aromatic carbocycles. The van der Waals surface area contributed by atoms with Gasteiger partial charge in [-0.2, -0.15) is 0 Å². The molecule has 0 unspecified atom stereocenters. The molecule has 0 amide bonds. The number of hydrogen-bond donors (Lipinski definition) is 0. The molecule has 0 heterocycles. The molecular weight excluding hydrogens is 801 g/mol. The van der Waals surface area contributed by atoms with Crippen LogP contribution in [0.4, 0.5) is 0 Å². The molecule has 0 aliphatic heterocycles. The summed E-state index contributed by atoms with van der Waals surface area (Å²) in [5.74, 6) is 4.37. The van der Waals surface area contributed by atoms with Crippen LogP contribution in [0.1, 0.15) is 99.8 Å². The average molecular weight is 863 g/mol. The lowest BCUT2D eigenvalue weighted by Crippen LogP contribution is -2.08. The summed E-state index contributed by atoms with van der Waals surface area (Å²) in [7, 11) is 0. The zero-order chi connectivity index (χ0) is 44.9. The summed E-state index contributed by atoms with van der Waals surface area (Å²) < 4.78 is 34.8. The SMILES string of the molecule is CC[C@H](C)COc1ccc(-c2ccc(C(=O)Oc3ccc(OCCCCCCCCOc4ccc(OC(=O)c5ccc(-c6ccc(OC[C@@H](C)CC)cc6)cc5)cc4)cc3)cc2)cc1. The minimum absolute atomic E-state index is 0.407. The monoisotopic (exact) mass is 862 g/mol. The van der Waals surface area contributed by atoms with Crippen LogP contribution in [-0.4, -0.2) is 38.4 Å². The highest BCUT2D eigenvalue weighted by atomic mass is 16.5. The molecule has 0 fully saturated rings. The van der Waals surface area contributed by atoms with Crippen molar-refractivity contribution in [2.75, 3.05) is 26.4 Å². The quantitative estimate of drug-likeness (QED) is 0.0319. The van der Waals surface area contributed by atoms with E-state index in [1.54, 1.807) is 48.5 Å². The van der Waals surface area contributed by atoms with E-state index in [-0.39, 0.29) is 0 Å². The van der Waals surface area contributed by atoms with Crippen LogP contribution >= 0.6 is 0 Å². The number of unbranched alkanes of at least 4 members (excludes halogenated alkanes) is 5. The predicted molar refractivity (Wildman–Crippen MR) is 255 cm³/mol. The summed E-state index contributed by atoms with van der Waals surface area (Å²) in [5.41, 5.74) is 5.10. The molecular formula is C56H62O8. The second-order valence-corrected chi connectivity index (χ2v) is 16.4. The third-order valence-electron chi connectivity index (χ3n) is 11.2. The number of benzene rings is 6. The second-order valence-electron chi connectivity index (χ2n) is 16.4. The number of carbonyl (C=O) groups excluding carboxylic acids is 2. The summed E-state index contributed by atoms with van der Waals surface area (Å²) in [6.07, 6.45) is 8.52. The Balaban J connectivity index is 0.792. The first-order valence-corrected chi connectivity index (χ1v) is 22.8. The molecule has 6 aromatic rings. The molecule has 64 heavy (non-hydrogen) atoms. The van der Waals surface area contributed by atoms with Crippen LogP contribution in [0.15, 0.2) is 146 Å². The molecule has 8 heteroatoms. The maximum absolute atomic E-state index is 12.8. The standard InChI is InChI=1S/C56H62O8/c1-5-41(3)39-61-51-25-21-45(22-26-51)43-13-17-47(18-14-43)55(57)63-53-33-29-49(30-34-53)59-37-11-9-7-8-10-12-38-60-50-31-35-54(36-32-50)64-56(58)48-19-15-44(16-20-48)46-23-27-52(28-24-46)62-40-42(4)6-2/h13-36,41-42H,5-12,37-40H2,1-4H3/t41-,42-/m0/s1. The first-order valence-electron chi connectivity index (χ1n) is 22.8. The topological polar surface area (TPSA) is 89.5 Å². The van der Waals surface area contributed by atoms with Crippen LogP contribution in [0.25, 0.3) is 22.3 Å². The molecule has 0 spiro atoms. The van der Waals surface area contributed by atoms with Crippen LogP contribution < -0.4 is 28.4 Å². The second kappa shape index (κ2) is 24.9. The molecule has 8 nitrogen and oxygen atoms in total. The largest absolute Gasteiger partial charge is 0.494 e. The van der Waals surface area contributed by atoms with Gasteiger partial charge >= 0.3 is 11.9 Å². The van der Waals surface area contributed by atoms with Crippen LogP contribution in [0, 0.1) is 11.8 Å².